The van der Waals surface area contributed by atoms with E-state index in [1.165, 1.54) is 23.9 Å². The van der Waals surface area contributed by atoms with Crippen LogP contribution in [0.3, 0.4) is 0 Å². The van der Waals surface area contributed by atoms with Crippen molar-refractivity contribution in [2.75, 3.05) is 12.0 Å². The molecule has 0 aliphatic heterocycles. The van der Waals surface area contributed by atoms with Gasteiger partial charge in [-0.15, -0.1) is 10.2 Å². The number of hydrogen-bond acceptors (Lipinski definition) is 6. The van der Waals surface area contributed by atoms with E-state index in [4.69, 9.17) is 10.2 Å². The van der Waals surface area contributed by atoms with Gasteiger partial charge in [-0.05, 0) is 36.1 Å². The molecule has 20 heavy (non-hydrogen) atoms. The van der Waals surface area contributed by atoms with Gasteiger partial charge in [0.2, 0.25) is 5.89 Å². The Kier molecular flexibility index (Phi) is 5.87. The van der Waals surface area contributed by atoms with E-state index in [2.05, 4.69) is 10.2 Å². The fraction of sp³-hybridized carbons (Fsp3) is 0.385. The number of nitrogens with two attached hydrogens (primary N) is 1. The highest BCUT2D eigenvalue weighted by atomic mass is 32.2. The highest BCUT2D eigenvalue weighted by molar-refractivity contribution is 7.98. The van der Waals surface area contributed by atoms with Crippen LogP contribution in [0, 0.1) is 5.82 Å². The minimum absolute atomic E-state index is 0.213. The van der Waals surface area contributed by atoms with E-state index in [-0.39, 0.29) is 11.9 Å². The lowest BCUT2D eigenvalue weighted by Crippen LogP contribution is -2.11. The number of halogens is 1. The smallest absolute Gasteiger partial charge is 0.276 e. The molecule has 0 saturated carbocycles. The maximum atomic E-state index is 12.8. The van der Waals surface area contributed by atoms with E-state index < -0.39 is 0 Å². The number of rotatable bonds is 7. The van der Waals surface area contributed by atoms with Crippen LogP contribution >= 0.6 is 23.5 Å². The van der Waals surface area contributed by atoms with Crippen molar-refractivity contribution in [2.45, 2.75) is 23.4 Å². The molecule has 0 saturated heterocycles. The average molecular weight is 313 g/mol. The van der Waals surface area contributed by atoms with Crippen LogP contribution in [-0.4, -0.2) is 22.2 Å². The molecule has 0 radical (unpaired) electrons. The van der Waals surface area contributed by atoms with Gasteiger partial charge in [0.1, 0.15) is 5.82 Å². The Hall–Kier alpha value is -1.05. The molecule has 108 valence electrons. The zero-order valence-corrected chi connectivity index (χ0v) is 12.7. The molecule has 2 aromatic rings. The summed E-state index contributed by atoms with van der Waals surface area (Å²) in [5, 5.41) is 8.42. The largest absolute Gasteiger partial charge is 0.414 e. The summed E-state index contributed by atoms with van der Waals surface area (Å²) < 4.78 is 18.3. The summed E-state index contributed by atoms with van der Waals surface area (Å²) in [7, 11) is 0. The van der Waals surface area contributed by atoms with Crippen molar-refractivity contribution in [3.8, 4) is 0 Å². The highest BCUT2D eigenvalue weighted by Crippen LogP contribution is 2.24. The number of benzene rings is 1. The molecule has 1 unspecified atom stereocenters. The van der Waals surface area contributed by atoms with Gasteiger partial charge in [-0.1, -0.05) is 23.9 Å². The number of hydrogen-bond donors (Lipinski definition) is 1. The molecule has 1 atom stereocenters. The van der Waals surface area contributed by atoms with E-state index >= 15 is 0 Å². The third-order valence-electron chi connectivity index (χ3n) is 2.65. The lowest BCUT2D eigenvalue weighted by molar-refractivity contribution is 0.383. The van der Waals surface area contributed by atoms with Crippen molar-refractivity contribution in [3.05, 3.63) is 41.5 Å². The molecule has 1 aromatic heterocycles. The van der Waals surface area contributed by atoms with Gasteiger partial charge in [0.25, 0.3) is 5.22 Å². The second-order valence-electron chi connectivity index (χ2n) is 4.21. The van der Waals surface area contributed by atoms with Gasteiger partial charge in [-0.3, -0.25) is 0 Å². The number of thioether (sulfide) groups is 2. The third-order valence-corrected chi connectivity index (χ3v) is 4.18. The lowest BCUT2D eigenvalue weighted by Gasteiger charge is -2.04. The first-order valence-electron chi connectivity index (χ1n) is 6.14. The van der Waals surface area contributed by atoms with Crippen molar-refractivity contribution in [3.63, 3.8) is 0 Å². The van der Waals surface area contributed by atoms with Crippen LogP contribution in [0.4, 0.5) is 4.39 Å². The molecule has 0 spiro atoms. The fourth-order valence-corrected chi connectivity index (χ4v) is 2.74. The quantitative estimate of drug-likeness (QED) is 0.792. The molecule has 0 aliphatic rings. The second-order valence-corrected chi connectivity index (χ2v) is 6.12. The molecule has 1 aromatic carbocycles. The molecule has 4 nitrogen and oxygen atoms in total. The molecule has 7 heteroatoms. The molecule has 2 N–H and O–H groups in total. The van der Waals surface area contributed by atoms with Gasteiger partial charge in [-0.25, -0.2) is 4.39 Å². The van der Waals surface area contributed by atoms with Gasteiger partial charge in [0, 0.05) is 5.75 Å². The maximum absolute atomic E-state index is 12.8. The highest BCUT2D eigenvalue weighted by Gasteiger charge is 2.14. The first-order chi connectivity index (χ1) is 9.69. The Labute approximate surface area is 125 Å². The van der Waals surface area contributed by atoms with E-state index in [0.29, 0.717) is 16.9 Å². The van der Waals surface area contributed by atoms with Crippen molar-refractivity contribution < 1.29 is 8.81 Å². The van der Waals surface area contributed by atoms with Crippen LogP contribution in [0.25, 0.3) is 0 Å². The monoisotopic (exact) mass is 313 g/mol. The molecular weight excluding hydrogens is 297 g/mol. The molecule has 0 amide bonds. The van der Waals surface area contributed by atoms with Crippen molar-refractivity contribution in [1.82, 2.24) is 10.2 Å². The van der Waals surface area contributed by atoms with Gasteiger partial charge < -0.3 is 10.2 Å². The molecule has 0 bridgehead atoms. The Morgan fingerprint density at radius 1 is 1.30 bits per heavy atom. The molecule has 0 aliphatic carbocycles. The normalized spacial score (nSPS) is 12.6. The fourth-order valence-electron chi connectivity index (χ4n) is 1.52. The first-order valence-corrected chi connectivity index (χ1v) is 8.52. The van der Waals surface area contributed by atoms with Crippen LogP contribution in [0.1, 0.15) is 23.9 Å². The minimum atomic E-state index is -0.237. The van der Waals surface area contributed by atoms with Gasteiger partial charge in [0.05, 0.1) is 6.04 Å². The lowest BCUT2D eigenvalue weighted by atomic mass is 10.2. The Morgan fingerprint density at radius 3 is 2.75 bits per heavy atom. The minimum Gasteiger partial charge on any atom is -0.414 e. The topological polar surface area (TPSA) is 64.9 Å². The Bertz CT molecular complexity index is 533. The van der Waals surface area contributed by atoms with E-state index in [1.54, 1.807) is 23.9 Å². The predicted octanol–water partition coefficient (Wildman–Crippen LogP) is 3.25. The van der Waals surface area contributed by atoms with Crippen molar-refractivity contribution in [1.29, 1.82) is 0 Å². The van der Waals surface area contributed by atoms with Crippen molar-refractivity contribution >= 4 is 23.5 Å². The van der Waals surface area contributed by atoms with Crippen LogP contribution in [-0.2, 0) is 5.75 Å². The van der Waals surface area contributed by atoms with Crippen LogP contribution in [0.5, 0.6) is 0 Å². The van der Waals surface area contributed by atoms with Crippen LogP contribution in [0.2, 0.25) is 0 Å². The predicted molar refractivity (Wildman–Crippen MR) is 80.2 cm³/mol. The average Bonchev–Trinajstić information content (AvgIpc) is 2.93. The summed E-state index contributed by atoms with van der Waals surface area (Å²) in [5.41, 5.74) is 6.96. The molecule has 0 fully saturated rings. The van der Waals surface area contributed by atoms with Crippen LogP contribution in [0.15, 0.2) is 33.9 Å². The summed E-state index contributed by atoms with van der Waals surface area (Å²) >= 11 is 3.15. The number of aromatic nitrogens is 2. The van der Waals surface area contributed by atoms with E-state index in [9.17, 15) is 4.39 Å². The number of nitrogens with zero attached hydrogens (tertiary/aromatic N) is 2. The standard InChI is InChI=1S/C13H16FN3OS2/c1-19-7-6-11(15)12-16-17-13(18-12)20-8-9-2-4-10(14)5-3-9/h2-5,11H,6-8,15H2,1H3. The Balaban J connectivity index is 1.87. The zero-order chi connectivity index (χ0) is 14.4. The van der Waals surface area contributed by atoms with Gasteiger partial charge in [-0.2, -0.15) is 11.8 Å². The summed E-state index contributed by atoms with van der Waals surface area (Å²) in [4.78, 5) is 0. The second kappa shape index (κ2) is 7.66. The molecule has 2 rings (SSSR count). The molecular formula is C13H16FN3OS2. The first kappa shape index (κ1) is 15.3. The van der Waals surface area contributed by atoms with Gasteiger partial charge in [0.15, 0.2) is 0 Å². The SMILES string of the molecule is CSCCC(N)c1nnc(SCc2ccc(F)cc2)o1. The van der Waals surface area contributed by atoms with Gasteiger partial charge >= 0.3 is 0 Å². The zero-order valence-electron chi connectivity index (χ0n) is 11.1. The summed E-state index contributed by atoms with van der Waals surface area (Å²) in [6, 6.07) is 6.14. The summed E-state index contributed by atoms with van der Waals surface area (Å²) in [6.07, 6.45) is 2.84. The maximum Gasteiger partial charge on any atom is 0.276 e. The summed E-state index contributed by atoms with van der Waals surface area (Å²) in [6.45, 7) is 0. The molecule has 1 heterocycles. The van der Waals surface area contributed by atoms with Crippen LogP contribution < -0.4 is 5.73 Å². The van der Waals surface area contributed by atoms with E-state index in [1.807, 2.05) is 6.26 Å². The third kappa shape index (κ3) is 4.50. The Morgan fingerprint density at radius 2 is 2.05 bits per heavy atom. The van der Waals surface area contributed by atoms with Crippen molar-refractivity contribution in [2.24, 2.45) is 5.73 Å². The van der Waals surface area contributed by atoms with E-state index in [0.717, 1.165) is 17.7 Å². The summed E-state index contributed by atoms with van der Waals surface area (Å²) in [5.74, 6) is 1.85.